The minimum absolute atomic E-state index is 0.0501. The number of carbonyl (C=O) groups excluding carboxylic acids is 1. The van der Waals surface area contributed by atoms with Gasteiger partial charge in [0.1, 0.15) is 0 Å². The van der Waals surface area contributed by atoms with E-state index in [0.717, 1.165) is 18.8 Å². The SMILES string of the molecule is CCOC(=O)NC(CNC(=NC)NC(C)(C)C)C1CC1. The van der Waals surface area contributed by atoms with E-state index in [4.69, 9.17) is 4.74 Å². The maximum Gasteiger partial charge on any atom is 0.407 e. The molecular formula is C14H28N4O2. The minimum atomic E-state index is -0.343. The zero-order valence-electron chi connectivity index (χ0n) is 13.2. The lowest BCUT2D eigenvalue weighted by molar-refractivity contribution is 0.146. The van der Waals surface area contributed by atoms with Gasteiger partial charge in [-0.25, -0.2) is 4.79 Å². The highest BCUT2D eigenvalue weighted by atomic mass is 16.5. The van der Waals surface area contributed by atoms with Crippen LogP contribution in [-0.2, 0) is 4.74 Å². The highest BCUT2D eigenvalue weighted by Gasteiger charge is 2.32. The quantitative estimate of drug-likeness (QED) is 0.528. The van der Waals surface area contributed by atoms with Gasteiger partial charge in [-0.1, -0.05) is 0 Å². The lowest BCUT2D eigenvalue weighted by atomic mass is 10.1. The lowest BCUT2D eigenvalue weighted by Crippen LogP contribution is -2.52. The Balaban J connectivity index is 2.44. The molecule has 1 amide bonds. The third-order valence-electron chi connectivity index (χ3n) is 2.98. The summed E-state index contributed by atoms with van der Waals surface area (Å²) in [5.74, 6) is 1.29. The van der Waals surface area contributed by atoms with Crippen LogP contribution >= 0.6 is 0 Å². The average Bonchev–Trinajstić information content (AvgIpc) is 3.15. The van der Waals surface area contributed by atoms with Gasteiger partial charge >= 0.3 is 6.09 Å². The summed E-state index contributed by atoms with van der Waals surface area (Å²) in [5.41, 5.74) is -0.0501. The smallest absolute Gasteiger partial charge is 0.407 e. The van der Waals surface area contributed by atoms with Crippen LogP contribution in [0.15, 0.2) is 4.99 Å². The largest absolute Gasteiger partial charge is 0.450 e. The van der Waals surface area contributed by atoms with Crippen molar-refractivity contribution in [3.05, 3.63) is 0 Å². The molecule has 1 atom stereocenters. The molecule has 6 nitrogen and oxygen atoms in total. The maximum atomic E-state index is 11.5. The van der Waals surface area contributed by atoms with Crippen molar-refractivity contribution in [3.8, 4) is 0 Å². The topological polar surface area (TPSA) is 74.8 Å². The summed E-state index contributed by atoms with van der Waals surface area (Å²) in [6, 6.07) is 0.0903. The van der Waals surface area contributed by atoms with Crippen LogP contribution in [0.3, 0.4) is 0 Å². The Hall–Kier alpha value is -1.46. The van der Waals surface area contributed by atoms with Crippen molar-refractivity contribution < 1.29 is 9.53 Å². The van der Waals surface area contributed by atoms with E-state index in [2.05, 4.69) is 41.7 Å². The number of ether oxygens (including phenoxy) is 1. The first-order valence-electron chi connectivity index (χ1n) is 7.28. The molecule has 0 heterocycles. The van der Waals surface area contributed by atoms with Crippen molar-refractivity contribution in [1.82, 2.24) is 16.0 Å². The molecular weight excluding hydrogens is 256 g/mol. The van der Waals surface area contributed by atoms with Crippen LogP contribution in [0.2, 0.25) is 0 Å². The molecule has 116 valence electrons. The Kier molecular flexibility index (Phi) is 6.10. The summed E-state index contributed by atoms with van der Waals surface area (Å²) in [5, 5.41) is 9.47. The van der Waals surface area contributed by atoms with Crippen molar-refractivity contribution in [2.24, 2.45) is 10.9 Å². The van der Waals surface area contributed by atoms with E-state index in [9.17, 15) is 4.79 Å². The van der Waals surface area contributed by atoms with Crippen LogP contribution in [0.1, 0.15) is 40.5 Å². The molecule has 1 unspecified atom stereocenters. The molecule has 20 heavy (non-hydrogen) atoms. The first-order chi connectivity index (χ1) is 9.35. The molecule has 1 aliphatic carbocycles. The molecule has 0 aliphatic heterocycles. The summed E-state index contributed by atoms with van der Waals surface area (Å²) in [6.45, 7) is 9.08. The summed E-state index contributed by atoms with van der Waals surface area (Å²) in [7, 11) is 1.74. The molecule has 0 aromatic carbocycles. The van der Waals surface area contributed by atoms with Crippen LogP contribution in [0.5, 0.6) is 0 Å². The first kappa shape index (κ1) is 16.6. The summed E-state index contributed by atoms with van der Waals surface area (Å²) >= 11 is 0. The maximum absolute atomic E-state index is 11.5. The number of carbonyl (C=O) groups is 1. The lowest BCUT2D eigenvalue weighted by Gasteiger charge is -2.25. The molecule has 0 aromatic heterocycles. The van der Waals surface area contributed by atoms with E-state index >= 15 is 0 Å². The van der Waals surface area contributed by atoms with Crippen LogP contribution in [0.25, 0.3) is 0 Å². The standard InChI is InChI=1S/C14H28N4O2/c1-6-20-13(19)17-11(10-7-8-10)9-16-12(15-5)18-14(2,3)4/h10-11H,6-9H2,1-5H3,(H,17,19)(H2,15,16,18). The number of hydrogen-bond donors (Lipinski definition) is 3. The molecule has 0 bridgehead atoms. The number of nitrogens with one attached hydrogen (secondary N) is 3. The second kappa shape index (κ2) is 7.36. The van der Waals surface area contributed by atoms with Gasteiger partial charge in [-0.15, -0.1) is 0 Å². The highest BCUT2D eigenvalue weighted by molar-refractivity contribution is 5.80. The van der Waals surface area contributed by atoms with Crippen molar-refractivity contribution in [3.63, 3.8) is 0 Å². The van der Waals surface area contributed by atoms with Crippen molar-refractivity contribution >= 4 is 12.1 Å². The van der Waals surface area contributed by atoms with Crippen molar-refractivity contribution in [2.75, 3.05) is 20.2 Å². The summed E-state index contributed by atoms with van der Waals surface area (Å²) < 4.78 is 4.94. The normalized spacial score (nSPS) is 17.4. The number of amides is 1. The average molecular weight is 284 g/mol. The van der Waals surface area contributed by atoms with Gasteiger partial charge < -0.3 is 20.7 Å². The van der Waals surface area contributed by atoms with Gasteiger partial charge in [0.25, 0.3) is 0 Å². The van der Waals surface area contributed by atoms with E-state index in [1.165, 1.54) is 0 Å². The third-order valence-corrected chi connectivity index (χ3v) is 2.98. The summed E-state index contributed by atoms with van der Waals surface area (Å²) in [4.78, 5) is 15.7. The van der Waals surface area contributed by atoms with E-state index in [1.54, 1.807) is 14.0 Å². The second-order valence-electron chi connectivity index (χ2n) is 6.14. The minimum Gasteiger partial charge on any atom is -0.450 e. The fourth-order valence-electron chi connectivity index (χ4n) is 1.90. The fourth-order valence-corrected chi connectivity index (χ4v) is 1.90. The Morgan fingerprint density at radius 1 is 1.40 bits per heavy atom. The van der Waals surface area contributed by atoms with Gasteiger partial charge in [-0.2, -0.15) is 0 Å². The molecule has 0 aromatic rings. The van der Waals surface area contributed by atoms with Gasteiger partial charge in [0.15, 0.2) is 5.96 Å². The molecule has 1 aliphatic rings. The number of rotatable bonds is 5. The van der Waals surface area contributed by atoms with Crippen LogP contribution in [-0.4, -0.2) is 43.8 Å². The van der Waals surface area contributed by atoms with Crippen molar-refractivity contribution in [2.45, 2.75) is 52.1 Å². The molecule has 1 rings (SSSR count). The van der Waals surface area contributed by atoms with Crippen LogP contribution < -0.4 is 16.0 Å². The number of alkyl carbamates (subject to hydrolysis) is 1. The summed E-state index contributed by atoms with van der Waals surface area (Å²) in [6.07, 6.45) is 1.97. The molecule has 1 saturated carbocycles. The Bertz CT molecular complexity index is 346. The van der Waals surface area contributed by atoms with Crippen LogP contribution in [0.4, 0.5) is 4.79 Å². The first-order valence-corrected chi connectivity index (χ1v) is 7.28. The second-order valence-corrected chi connectivity index (χ2v) is 6.14. The Morgan fingerprint density at radius 3 is 2.50 bits per heavy atom. The number of nitrogens with zero attached hydrogens (tertiary/aromatic N) is 1. The van der Waals surface area contributed by atoms with Gasteiger partial charge in [0, 0.05) is 19.1 Å². The molecule has 0 spiro atoms. The van der Waals surface area contributed by atoms with E-state index < -0.39 is 0 Å². The Morgan fingerprint density at radius 2 is 2.05 bits per heavy atom. The predicted octanol–water partition coefficient (Wildman–Crippen LogP) is 1.47. The third kappa shape index (κ3) is 6.63. The van der Waals surface area contributed by atoms with E-state index in [0.29, 0.717) is 19.1 Å². The van der Waals surface area contributed by atoms with Crippen molar-refractivity contribution in [1.29, 1.82) is 0 Å². The van der Waals surface area contributed by atoms with E-state index in [-0.39, 0.29) is 17.7 Å². The zero-order valence-corrected chi connectivity index (χ0v) is 13.2. The Labute approximate surface area is 121 Å². The van der Waals surface area contributed by atoms with Gasteiger partial charge in [-0.05, 0) is 46.5 Å². The van der Waals surface area contributed by atoms with Gasteiger partial charge in [-0.3, -0.25) is 4.99 Å². The van der Waals surface area contributed by atoms with Gasteiger partial charge in [0.2, 0.25) is 0 Å². The molecule has 6 heteroatoms. The molecule has 3 N–H and O–H groups in total. The molecule has 0 saturated heterocycles. The van der Waals surface area contributed by atoms with Gasteiger partial charge in [0.05, 0.1) is 12.6 Å². The highest BCUT2D eigenvalue weighted by Crippen LogP contribution is 2.32. The molecule has 0 radical (unpaired) electrons. The zero-order chi connectivity index (χ0) is 15.2. The molecule has 1 fully saturated rings. The number of hydrogen-bond acceptors (Lipinski definition) is 3. The number of guanidine groups is 1. The number of aliphatic imine (C=N–C) groups is 1. The van der Waals surface area contributed by atoms with Crippen LogP contribution in [0, 0.1) is 5.92 Å². The monoisotopic (exact) mass is 284 g/mol. The van der Waals surface area contributed by atoms with E-state index in [1.807, 2.05) is 0 Å². The predicted molar refractivity (Wildman–Crippen MR) is 80.9 cm³/mol. The fraction of sp³-hybridized carbons (Fsp3) is 0.857.